The fraction of sp³-hybridized carbons (Fsp3) is 0.250. The third-order valence-corrected chi connectivity index (χ3v) is 6.72. The van der Waals surface area contributed by atoms with Gasteiger partial charge in [0.25, 0.3) is 0 Å². The second kappa shape index (κ2) is 8.88. The summed E-state index contributed by atoms with van der Waals surface area (Å²) in [4.78, 5) is 19.6. The third kappa shape index (κ3) is 4.01. The van der Waals surface area contributed by atoms with E-state index >= 15 is 0 Å². The molecular formula is C28H27N5O. The molecular weight excluding hydrogens is 422 g/mol. The zero-order valence-electron chi connectivity index (χ0n) is 19.3. The number of rotatable bonds is 5. The highest BCUT2D eigenvalue weighted by atomic mass is 16.5. The van der Waals surface area contributed by atoms with Gasteiger partial charge in [0, 0.05) is 40.8 Å². The van der Waals surface area contributed by atoms with Crippen LogP contribution in [0.3, 0.4) is 0 Å². The minimum absolute atomic E-state index is 0.714. The van der Waals surface area contributed by atoms with Crippen LogP contribution in [0.4, 0.5) is 0 Å². The van der Waals surface area contributed by atoms with Crippen molar-refractivity contribution in [2.24, 2.45) is 0 Å². The summed E-state index contributed by atoms with van der Waals surface area (Å²) in [5.74, 6) is 0.714. The molecule has 0 unspecified atom stereocenters. The van der Waals surface area contributed by atoms with E-state index in [1.165, 1.54) is 43.5 Å². The molecule has 1 aliphatic heterocycles. The maximum absolute atomic E-state index is 5.33. The summed E-state index contributed by atoms with van der Waals surface area (Å²) in [6.45, 7) is 3.46. The molecule has 170 valence electrons. The Balaban J connectivity index is 1.33. The Bertz CT molecular complexity index is 1450. The van der Waals surface area contributed by atoms with E-state index in [1.807, 2.05) is 18.5 Å². The minimum atomic E-state index is 0.714. The normalized spacial score (nSPS) is 14.6. The van der Waals surface area contributed by atoms with Crippen molar-refractivity contribution in [2.75, 3.05) is 20.2 Å². The Morgan fingerprint density at radius 1 is 0.824 bits per heavy atom. The lowest BCUT2D eigenvalue weighted by Gasteiger charge is -2.26. The lowest BCUT2D eigenvalue weighted by atomic mass is 10.0. The predicted octanol–water partition coefficient (Wildman–Crippen LogP) is 5.83. The number of fused-ring (bicyclic) bond motifs is 3. The van der Waals surface area contributed by atoms with Gasteiger partial charge in [-0.2, -0.15) is 0 Å². The van der Waals surface area contributed by atoms with Crippen LogP contribution in [0.15, 0.2) is 67.3 Å². The lowest BCUT2D eigenvalue weighted by molar-refractivity contribution is 0.221. The number of hydrogen-bond acceptors (Lipinski definition) is 5. The van der Waals surface area contributed by atoms with Crippen LogP contribution in [-0.2, 0) is 6.54 Å². The Morgan fingerprint density at radius 3 is 2.50 bits per heavy atom. The van der Waals surface area contributed by atoms with E-state index in [0.29, 0.717) is 5.75 Å². The summed E-state index contributed by atoms with van der Waals surface area (Å²) >= 11 is 0. The smallest absolute Gasteiger partial charge is 0.138 e. The Labute approximate surface area is 198 Å². The number of nitrogens with one attached hydrogen (secondary N) is 1. The van der Waals surface area contributed by atoms with Gasteiger partial charge in [-0.25, -0.2) is 4.98 Å². The Morgan fingerprint density at radius 2 is 1.68 bits per heavy atom. The molecule has 4 aromatic heterocycles. The number of piperidine rings is 1. The van der Waals surface area contributed by atoms with Gasteiger partial charge in [0.15, 0.2) is 0 Å². The van der Waals surface area contributed by atoms with Crippen molar-refractivity contribution in [2.45, 2.75) is 25.8 Å². The second-order valence-corrected chi connectivity index (χ2v) is 9.01. The van der Waals surface area contributed by atoms with Gasteiger partial charge in [-0.3, -0.25) is 14.9 Å². The van der Waals surface area contributed by atoms with Crippen LogP contribution in [0.1, 0.15) is 24.8 Å². The van der Waals surface area contributed by atoms with Crippen LogP contribution in [0.2, 0.25) is 0 Å². The van der Waals surface area contributed by atoms with Gasteiger partial charge in [0.05, 0.1) is 30.7 Å². The molecule has 0 bridgehead atoms. The summed E-state index contributed by atoms with van der Waals surface area (Å²) in [6.07, 6.45) is 11.3. The van der Waals surface area contributed by atoms with Crippen molar-refractivity contribution in [3.63, 3.8) is 0 Å². The molecule has 5 aromatic rings. The molecule has 0 saturated carbocycles. The first kappa shape index (κ1) is 20.8. The molecule has 0 atom stereocenters. The number of methoxy groups -OCH3 is 1. The fourth-order valence-electron chi connectivity index (χ4n) is 4.84. The average Bonchev–Trinajstić information content (AvgIpc) is 3.27. The molecule has 5 heterocycles. The molecule has 1 fully saturated rings. The van der Waals surface area contributed by atoms with Crippen molar-refractivity contribution in [3.8, 4) is 28.1 Å². The first-order valence-electron chi connectivity index (χ1n) is 11.9. The minimum Gasteiger partial charge on any atom is -0.495 e. The largest absolute Gasteiger partial charge is 0.495 e. The Kier molecular flexibility index (Phi) is 5.43. The van der Waals surface area contributed by atoms with E-state index in [1.54, 1.807) is 19.5 Å². The van der Waals surface area contributed by atoms with Gasteiger partial charge >= 0.3 is 0 Å². The third-order valence-electron chi connectivity index (χ3n) is 6.72. The van der Waals surface area contributed by atoms with Crippen molar-refractivity contribution in [1.82, 2.24) is 24.8 Å². The van der Waals surface area contributed by atoms with Crippen LogP contribution in [0.5, 0.6) is 5.75 Å². The molecule has 6 rings (SSSR count). The highest BCUT2D eigenvalue weighted by Gasteiger charge is 2.12. The molecule has 6 nitrogen and oxygen atoms in total. The highest BCUT2D eigenvalue weighted by molar-refractivity contribution is 6.07. The van der Waals surface area contributed by atoms with Crippen molar-refractivity contribution in [1.29, 1.82) is 0 Å². The van der Waals surface area contributed by atoms with Crippen LogP contribution < -0.4 is 4.74 Å². The monoisotopic (exact) mass is 449 g/mol. The highest BCUT2D eigenvalue weighted by Crippen LogP contribution is 2.31. The van der Waals surface area contributed by atoms with Crippen molar-refractivity contribution < 1.29 is 4.74 Å². The number of aromatic amines is 1. The van der Waals surface area contributed by atoms with Crippen LogP contribution in [-0.4, -0.2) is 45.0 Å². The number of benzene rings is 1. The molecule has 1 N–H and O–H groups in total. The SMILES string of the molecule is COc1cncc(-c2cc3c(cn2)[nH]c2ncc(-c4ccc(CN5CCCCC5)cc4)cc23)c1. The molecule has 1 aromatic carbocycles. The number of ether oxygens (including phenoxy) is 1. The molecule has 1 saturated heterocycles. The maximum Gasteiger partial charge on any atom is 0.138 e. The number of nitrogens with zero attached hydrogens (tertiary/aromatic N) is 4. The van der Waals surface area contributed by atoms with Crippen LogP contribution in [0, 0.1) is 0 Å². The van der Waals surface area contributed by atoms with Gasteiger partial charge in [-0.15, -0.1) is 0 Å². The molecule has 0 radical (unpaired) electrons. The average molecular weight is 450 g/mol. The maximum atomic E-state index is 5.33. The fourth-order valence-corrected chi connectivity index (χ4v) is 4.84. The van der Waals surface area contributed by atoms with Crippen molar-refractivity contribution >= 4 is 21.9 Å². The van der Waals surface area contributed by atoms with Gasteiger partial charge < -0.3 is 9.72 Å². The zero-order valence-corrected chi connectivity index (χ0v) is 19.3. The van der Waals surface area contributed by atoms with Crippen molar-refractivity contribution in [3.05, 3.63) is 72.8 Å². The van der Waals surface area contributed by atoms with E-state index < -0.39 is 0 Å². The molecule has 0 spiro atoms. The number of hydrogen-bond donors (Lipinski definition) is 1. The van der Waals surface area contributed by atoms with Crippen LogP contribution in [0.25, 0.3) is 44.3 Å². The number of likely N-dealkylation sites (tertiary alicyclic amines) is 1. The van der Waals surface area contributed by atoms with Gasteiger partial charge in [0.1, 0.15) is 11.4 Å². The number of aromatic nitrogens is 4. The Hall–Kier alpha value is -3.77. The van der Waals surface area contributed by atoms with E-state index in [-0.39, 0.29) is 0 Å². The van der Waals surface area contributed by atoms with Gasteiger partial charge in [0.2, 0.25) is 0 Å². The summed E-state index contributed by atoms with van der Waals surface area (Å²) in [5, 5.41) is 2.18. The lowest BCUT2D eigenvalue weighted by Crippen LogP contribution is -2.28. The van der Waals surface area contributed by atoms with Gasteiger partial charge in [-0.1, -0.05) is 30.7 Å². The summed E-state index contributed by atoms with van der Waals surface area (Å²) < 4.78 is 5.33. The van der Waals surface area contributed by atoms with E-state index in [2.05, 4.69) is 56.3 Å². The molecule has 6 heteroatoms. The number of H-pyrrole nitrogens is 1. The van der Waals surface area contributed by atoms with Crippen LogP contribution >= 0.6 is 0 Å². The van der Waals surface area contributed by atoms with E-state index in [4.69, 9.17) is 9.72 Å². The number of pyridine rings is 3. The summed E-state index contributed by atoms with van der Waals surface area (Å²) in [5.41, 5.74) is 7.27. The summed E-state index contributed by atoms with van der Waals surface area (Å²) in [6, 6.07) is 15.2. The molecule has 1 aliphatic rings. The van der Waals surface area contributed by atoms with E-state index in [0.717, 1.165) is 45.3 Å². The molecule has 34 heavy (non-hydrogen) atoms. The predicted molar refractivity (Wildman–Crippen MR) is 136 cm³/mol. The second-order valence-electron chi connectivity index (χ2n) is 9.01. The van der Waals surface area contributed by atoms with E-state index in [9.17, 15) is 0 Å². The quantitative estimate of drug-likeness (QED) is 0.365. The zero-order chi connectivity index (χ0) is 22.9. The van der Waals surface area contributed by atoms with Gasteiger partial charge in [-0.05, 0) is 55.3 Å². The topological polar surface area (TPSA) is 66.9 Å². The molecule has 0 amide bonds. The first-order chi connectivity index (χ1) is 16.8. The standard InChI is InChI=1S/C28H27N5O/c1-34-23-11-22(14-29-16-23)26-13-24-25-12-21(15-31-28(25)32-27(24)17-30-26)20-7-5-19(6-8-20)18-33-9-3-2-4-10-33/h5-8,11-17H,2-4,9-10,18H2,1H3,(H,31,32). The molecule has 0 aliphatic carbocycles. The summed E-state index contributed by atoms with van der Waals surface area (Å²) in [7, 11) is 1.64. The first-order valence-corrected chi connectivity index (χ1v) is 11.9.